The van der Waals surface area contributed by atoms with Gasteiger partial charge in [-0.3, -0.25) is 4.79 Å². The average Bonchev–Trinajstić information content (AvgIpc) is 2.33. The first-order valence-electron chi connectivity index (χ1n) is 5.27. The molecule has 1 rings (SSSR count). The Morgan fingerprint density at radius 3 is 2.57 bits per heavy atom. The normalized spacial score (nSPS) is 23.3. The number of hydrogen-bond donors (Lipinski definition) is 0. The second-order valence-electron chi connectivity index (χ2n) is 5.22. The van der Waals surface area contributed by atoms with Crippen LogP contribution in [-0.4, -0.2) is 35.4 Å². The second kappa shape index (κ2) is 4.56. The van der Waals surface area contributed by atoms with E-state index >= 15 is 0 Å². The molecule has 1 aliphatic heterocycles. The van der Waals surface area contributed by atoms with Gasteiger partial charge >= 0.3 is 0 Å². The Kier molecular flexibility index (Phi) is 3.87. The molecule has 1 amide bonds. The van der Waals surface area contributed by atoms with Gasteiger partial charge in [-0.2, -0.15) is 0 Å². The van der Waals surface area contributed by atoms with Crippen molar-refractivity contribution in [1.29, 1.82) is 0 Å². The SMILES string of the molecule is CN1CC[C@H](SCCC(C)(C)C)C1=O. The summed E-state index contributed by atoms with van der Waals surface area (Å²) in [5.74, 6) is 1.43. The molecule has 1 aliphatic rings. The van der Waals surface area contributed by atoms with Gasteiger partial charge in [-0.25, -0.2) is 0 Å². The van der Waals surface area contributed by atoms with Crippen molar-refractivity contribution in [1.82, 2.24) is 4.90 Å². The van der Waals surface area contributed by atoms with E-state index in [1.54, 1.807) is 0 Å². The molecule has 1 fully saturated rings. The van der Waals surface area contributed by atoms with Crippen LogP contribution in [0.1, 0.15) is 33.6 Å². The minimum atomic E-state index is 0.238. The van der Waals surface area contributed by atoms with E-state index in [-0.39, 0.29) is 5.25 Å². The Hall–Kier alpha value is -0.180. The molecule has 2 nitrogen and oxygen atoms in total. The predicted molar refractivity (Wildman–Crippen MR) is 62.6 cm³/mol. The van der Waals surface area contributed by atoms with Crippen molar-refractivity contribution in [3.63, 3.8) is 0 Å². The average molecular weight is 215 g/mol. The van der Waals surface area contributed by atoms with Crippen LogP contribution < -0.4 is 0 Å². The Morgan fingerprint density at radius 1 is 1.50 bits per heavy atom. The summed E-state index contributed by atoms with van der Waals surface area (Å²) in [7, 11) is 1.90. The van der Waals surface area contributed by atoms with Crippen LogP contribution in [0.5, 0.6) is 0 Å². The van der Waals surface area contributed by atoms with Gasteiger partial charge in [0.25, 0.3) is 0 Å². The lowest BCUT2D eigenvalue weighted by atomic mass is 9.94. The van der Waals surface area contributed by atoms with Crippen molar-refractivity contribution >= 4 is 17.7 Å². The van der Waals surface area contributed by atoms with E-state index in [0.29, 0.717) is 11.3 Å². The van der Waals surface area contributed by atoms with Crippen LogP contribution in [0.4, 0.5) is 0 Å². The first-order chi connectivity index (χ1) is 6.40. The fourth-order valence-corrected chi connectivity index (χ4v) is 3.06. The lowest BCUT2D eigenvalue weighted by Gasteiger charge is -2.18. The lowest BCUT2D eigenvalue weighted by molar-refractivity contribution is -0.126. The fourth-order valence-electron chi connectivity index (χ4n) is 1.45. The van der Waals surface area contributed by atoms with Gasteiger partial charge in [-0.15, -0.1) is 11.8 Å². The van der Waals surface area contributed by atoms with Crippen LogP contribution in [0, 0.1) is 5.41 Å². The monoisotopic (exact) mass is 215 g/mol. The highest BCUT2D eigenvalue weighted by Gasteiger charge is 2.29. The third kappa shape index (κ3) is 3.52. The van der Waals surface area contributed by atoms with Gasteiger partial charge in [0.15, 0.2) is 0 Å². The van der Waals surface area contributed by atoms with E-state index in [0.717, 1.165) is 18.7 Å². The lowest BCUT2D eigenvalue weighted by Crippen LogP contribution is -2.24. The summed E-state index contributed by atoms with van der Waals surface area (Å²) in [6.45, 7) is 7.68. The third-order valence-electron chi connectivity index (χ3n) is 2.55. The molecule has 0 bridgehead atoms. The van der Waals surface area contributed by atoms with Crippen LogP contribution in [0.3, 0.4) is 0 Å². The minimum Gasteiger partial charge on any atom is -0.345 e. The maximum atomic E-state index is 11.6. The molecule has 0 saturated carbocycles. The van der Waals surface area contributed by atoms with E-state index in [9.17, 15) is 4.79 Å². The molecule has 14 heavy (non-hydrogen) atoms. The van der Waals surface area contributed by atoms with Crippen LogP contribution in [-0.2, 0) is 4.79 Å². The predicted octanol–water partition coefficient (Wildman–Crippen LogP) is 2.39. The molecular weight excluding hydrogens is 194 g/mol. The summed E-state index contributed by atoms with van der Waals surface area (Å²) in [4.78, 5) is 13.4. The van der Waals surface area contributed by atoms with Crippen molar-refractivity contribution in [2.75, 3.05) is 19.3 Å². The molecule has 0 spiro atoms. The van der Waals surface area contributed by atoms with Gasteiger partial charge in [0.05, 0.1) is 5.25 Å². The number of rotatable bonds is 3. The van der Waals surface area contributed by atoms with E-state index in [1.165, 1.54) is 6.42 Å². The third-order valence-corrected chi connectivity index (χ3v) is 3.83. The Balaban J connectivity index is 2.23. The summed E-state index contributed by atoms with van der Waals surface area (Å²) >= 11 is 1.83. The molecule has 1 atom stereocenters. The van der Waals surface area contributed by atoms with Crippen LogP contribution >= 0.6 is 11.8 Å². The van der Waals surface area contributed by atoms with E-state index in [4.69, 9.17) is 0 Å². The smallest absolute Gasteiger partial charge is 0.235 e. The molecule has 0 aliphatic carbocycles. The van der Waals surface area contributed by atoms with E-state index < -0.39 is 0 Å². The number of hydrogen-bond acceptors (Lipinski definition) is 2. The molecule has 0 aromatic carbocycles. The topological polar surface area (TPSA) is 20.3 Å². The number of carbonyl (C=O) groups excluding carboxylic acids is 1. The highest BCUT2D eigenvalue weighted by Crippen LogP contribution is 2.27. The van der Waals surface area contributed by atoms with Crippen molar-refractivity contribution in [3.05, 3.63) is 0 Å². The van der Waals surface area contributed by atoms with E-state index in [1.807, 2.05) is 23.7 Å². The number of amides is 1. The summed E-state index contributed by atoms with van der Waals surface area (Å²) in [5.41, 5.74) is 0.389. The van der Waals surface area contributed by atoms with Crippen LogP contribution in [0.15, 0.2) is 0 Å². The molecular formula is C11H21NOS. The maximum absolute atomic E-state index is 11.6. The summed E-state index contributed by atoms with van der Waals surface area (Å²) in [6, 6.07) is 0. The largest absolute Gasteiger partial charge is 0.345 e. The standard InChI is InChI=1S/C11H21NOS/c1-11(2,3)6-8-14-9-5-7-12(4)10(9)13/h9H,5-8H2,1-4H3/t9-/m0/s1. The highest BCUT2D eigenvalue weighted by atomic mass is 32.2. The van der Waals surface area contributed by atoms with Crippen LogP contribution in [0.2, 0.25) is 0 Å². The minimum absolute atomic E-state index is 0.238. The van der Waals surface area contributed by atoms with E-state index in [2.05, 4.69) is 20.8 Å². The summed E-state index contributed by atoms with van der Waals surface area (Å²) < 4.78 is 0. The van der Waals surface area contributed by atoms with Gasteiger partial charge in [0.2, 0.25) is 5.91 Å². The summed E-state index contributed by atoms with van der Waals surface area (Å²) in [5, 5.41) is 0.238. The zero-order chi connectivity index (χ0) is 10.8. The number of carbonyl (C=O) groups is 1. The quantitative estimate of drug-likeness (QED) is 0.720. The van der Waals surface area contributed by atoms with Gasteiger partial charge < -0.3 is 4.90 Å². The summed E-state index contributed by atoms with van der Waals surface area (Å²) in [6.07, 6.45) is 2.22. The molecule has 1 heterocycles. The van der Waals surface area contributed by atoms with Crippen molar-refractivity contribution in [3.8, 4) is 0 Å². The molecule has 0 aromatic rings. The van der Waals surface area contributed by atoms with Gasteiger partial charge in [-0.05, 0) is 24.0 Å². The number of likely N-dealkylation sites (tertiary alicyclic amines) is 1. The number of nitrogens with zero attached hydrogens (tertiary/aromatic N) is 1. The molecule has 1 saturated heterocycles. The molecule has 3 heteroatoms. The second-order valence-corrected chi connectivity index (χ2v) is 6.53. The Morgan fingerprint density at radius 2 is 2.14 bits per heavy atom. The zero-order valence-corrected chi connectivity index (χ0v) is 10.5. The fraction of sp³-hybridized carbons (Fsp3) is 0.909. The van der Waals surface area contributed by atoms with Crippen LogP contribution in [0.25, 0.3) is 0 Å². The Labute approximate surface area is 91.4 Å². The van der Waals surface area contributed by atoms with Crippen molar-refractivity contribution in [2.24, 2.45) is 5.41 Å². The first kappa shape index (κ1) is 11.9. The zero-order valence-electron chi connectivity index (χ0n) is 9.67. The van der Waals surface area contributed by atoms with Crippen molar-refractivity contribution in [2.45, 2.75) is 38.9 Å². The highest BCUT2D eigenvalue weighted by molar-refractivity contribution is 8.00. The molecule has 0 aromatic heterocycles. The molecule has 82 valence electrons. The van der Waals surface area contributed by atoms with Gasteiger partial charge in [0, 0.05) is 13.6 Å². The van der Waals surface area contributed by atoms with Crippen molar-refractivity contribution < 1.29 is 4.79 Å². The Bertz CT molecular complexity index is 210. The first-order valence-corrected chi connectivity index (χ1v) is 6.31. The molecule has 0 radical (unpaired) electrons. The van der Waals surface area contributed by atoms with Gasteiger partial charge in [0.1, 0.15) is 0 Å². The maximum Gasteiger partial charge on any atom is 0.235 e. The number of thioether (sulfide) groups is 1. The molecule has 0 N–H and O–H groups in total. The van der Waals surface area contributed by atoms with Gasteiger partial charge in [-0.1, -0.05) is 20.8 Å². The molecule has 0 unspecified atom stereocenters.